The summed E-state index contributed by atoms with van der Waals surface area (Å²) < 4.78 is 8.14. The highest BCUT2D eigenvalue weighted by atomic mass is 79.9. The van der Waals surface area contributed by atoms with Crippen LogP contribution in [0.4, 0.5) is 4.79 Å². The third-order valence-electron chi connectivity index (χ3n) is 6.14. The second kappa shape index (κ2) is 8.82. The molecule has 6 heteroatoms. The Morgan fingerprint density at radius 2 is 1.97 bits per heavy atom. The van der Waals surface area contributed by atoms with Crippen molar-refractivity contribution in [2.24, 2.45) is 0 Å². The second-order valence-electron chi connectivity index (χ2n) is 7.99. The molecule has 1 atom stereocenters. The van der Waals surface area contributed by atoms with Crippen LogP contribution in [0.2, 0.25) is 0 Å². The number of benzene rings is 2. The molecule has 1 unspecified atom stereocenters. The highest BCUT2D eigenvalue weighted by molar-refractivity contribution is 9.10. The molecule has 1 saturated heterocycles. The van der Waals surface area contributed by atoms with Crippen molar-refractivity contribution in [2.75, 3.05) is 13.7 Å². The molecule has 0 amide bonds. The summed E-state index contributed by atoms with van der Waals surface area (Å²) in [4.78, 5) is 14.2. The third kappa shape index (κ3) is 3.98. The van der Waals surface area contributed by atoms with Crippen LogP contribution in [-0.4, -0.2) is 34.3 Å². The van der Waals surface area contributed by atoms with Gasteiger partial charge in [0.25, 0.3) is 0 Å². The molecule has 0 spiro atoms. The van der Waals surface area contributed by atoms with Crippen molar-refractivity contribution in [3.63, 3.8) is 0 Å². The molecule has 1 aromatic heterocycles. The molecule has 1 aliphatic heterocycles. The van der Waals surface area contributed by atoms with Gasteiger partial charge in [-0.25, -0.2) is 4.79 Å². The number of hydrogen-bond acceptors (Lipinski definition) is 3. The number of nitrogens with zero attached hydrogens (tertiary/aromatic N) is 2. The minimum absolute atomic E-state index is 0.336. The van der Waals surface area contributed by atoms with Gasteiger partial charge in [-0.1, -0.05) is 40.9 Å². The van der Waals surface area contributed by atoms with E-state index in [9.17, 15) is 9.90 Å². The van der Waals surface area contributed by atoms with Crippen molar-refractivity contribution < 1.29 is 14.6 Å². The SMILES string of the molecule is COc1cc(C)c2c(ccn2C(=O)O)c1CN1CCCCCC1c1ccc(Br)cc1. The molecule has 2 heterocycles. The first kappa shape index (κ1) is 20.9. The van der Waals surface area contributed by atoms with Crippen LogP contribution in [0.25, 0.3) is 10.9 Å². The van der Waals surface area contributed by atoms with Gasteiger partial charge in [0.05, 0.1) is 12.6 Å². The summed E-state index contributed by atoms with van der Waals surface area (Å²) in [6.07, 6.45) is 5.41. The Labute approximate surface area is 185 Å². The number of likely N-dealkylation sites (tertiary alicyclic amines) is 1. The second-order valence-corrected chi connectivity index (χ2v) is 8.91. The van der Waals surface area contributed by atoms with E-state index in [-0.39, 0.29) is 0 Å². The third-order valence-corrected chi connectivity index (χ3v) is 6.66. The lowest BCUT2D eigenvalue weighted by Gasteiger charge is -2.31. The number of aromatic nitrogens is 1. The number of aryl methyl sites for hydroxylation is 1. The van der Waals surface area contributed by atoms with Crippen molar-refractivity contribution in [2.45, 2.75) is 45.2 Å². The van der Waals surface area contributed by atoms with E-state index in [2.05, 4.69) is 45.1 Å². The summed E-state index contributed by atoms with van der Waals surface area (Å²) >= 11 is 3.54. The summed E-state index contributed by atoms with van der Waals surface area (Å²) in [6, 6.07) is 12.8. The van der Waals surface area contributed by atoms with Gasteiger partial charge in [-0.15, -0.1) is 0 Å². The zero-order chi connectivity index (χ0) is 21.3. The Balaban J connectivity index is 1.78. The molecule has 30 heavy (non-hydrogen) atoms. The summed E-state index contributed by atoms with van der Waals surface area (Å²) in [5, 5.41) is 10.6. The fourth-order valence-corrected chi connectivity index (χ4v) is 4.95. The van der Waals surface area contributed by atoms with Crippen molar-refractivity contribution in [3.8, 4) is 5.75 Å². The molecular formula is C24H27BrN2O3. The van der Waals surface area contributed by atoms with Gasteiger partial charge in [-0.3, -0.25) is 9.47 Å². The molecule has 5 nitrogen and oxygen atoms in total. The molecule has 158 valence electrons. The van der Waals surface area contributed by atoms with Crippen LogP contribution in [0.5, 0.6) is 5.75 Å². The molecule has 2 aromatic carbocycles. The lowest BCUT2D eigenvalue weighted by molar-refractivity contribution is 0.191. The van der Waals surface area contributed by atoms with Gasteiger partial charge >= 0.3 is 6.09 Å². The number of halogens is 1. The molecule has 1 N–H and O–H groups in total. The van der Waals surface area contributed by atoms with Gasteiger partial charge in [0.2, 0.25) is 0 Å². The first-order valence-corrected chi connectivity index (χ1v) is 11.2. The molecule has 1 fully saturated rings. The van der Waals surface area contributed by atoms with E-state index in [1.165, 1.54) is 29.4 Å². The van der Waals surface area contributed by atoms with Crippen LogP contribution >= 0.6 is 15.9 Å². The Kier molecular flexibility index (Phi) is 6.16. The number of ether oxygens (including phenoxy) is 1. The lowest BCUT2D eigenvalue weighted by atomic mass is 9.99. The van der Waals surface area contributed by atoms with Crippen LogP contribution in [0, 0.1) is 6.92 Å². The normalized spacial score (nSPS) is 17.8. The van der Waals surface area contributed by atoms with E-state index < -0.39 is 6.09 Å². The minimum atomic E-state index is -0.966. The predicted molar refractivity (Wildman–Crippen MR) is 122 cm³/mol. The number of carboxylic acid groups (broad SMARTS) is 1. The molecule has 0 radical (unpaired) electrons. The van der Waals surface area contributed by atoms with E-state index in [4.69, 9.17) is 4.74 Å². The number of hydrogen-bond donors (Lipinski definition) is 1. The number of methoxy groups -OCH3 is 1. The zero-order valence-corrected chi connectivity index (χ0v) is 19.0. The summed E-state index contributed by atoms with van der Waals surface area (Å²) in [6.45, 7) is 3.67. The zero-order valence-electron chi connectivity index (χ0n) is 17.4. The molecule has 1 aliphatic rings. The molecule has 0 aliphatic carbocycles. The Morgan fingerprint density at radius 1 is 1.20 bits per heavy atom. The van der Waals surface area contributed by atoms with Crippen LogP contribution in [0.15, 0.2) is 47.1 Å². The molecule has 3 aromatic rings. The van der Waals surface area contributed by atoms with Crippen molar-refractivity contribution in [1.29, 1.82) is 0 Å². The summed E-state index contributed by atoms with van der Waals surface area (Å²) in [7, 11) is 1.69. The van der Waals surface area contributed by atoms with Gasteiger partial charge in [0.15, 0.2) is 0 Å². The first-order valence-electron chi connectivity index (χ1n) is 10.4. The van der Waals surface area contributed by atoms with Gasteiger partial charge < -0.3 is 9.84 Å². The van der Waals surface area contributed by atoms with Crippen LogP contribution in [0.3, 0.4) is 0 Å². The molecular weight excluding hydrogens is 444 g/mol. The van der Waals surface area contributed by atoms with E-state index in [1.54, 1.807) is 13.3 Å². The Morgan fingerprint density at radius 3 is 2.67 bits per heavy atom. The van der Waals surface area contributed by atoms with E-state index in [0.29, 0.717) is 6.04 Å². The Bertz CT molecular complexity index is 1060. The summed E-state index contributed by atoms with van der Waals surface area (Å²) in [5.74, 6) is 0.821. The van der Waals surface area contributed by atoms with Crippen molar-refractivity contribution in [3.05, 3.63) is 63.8 Å². The lowest BCUT2D eigenvalue weighted by Crippen LogP contribution is -2.28. The van der Waals surface area contributed by atoms with Gasteiger partial charge in [0, 0.05) is 34.2 Å². The van der Waals surface area contributed by atoms with Crippen LogP contribution in [0.1, 0.15) is 48.4 Å². The largest absolute Gasteiger partial charge is 0.496 e. The number of fused-ring (bicyclic) bond motifs is 1. The minimum Gasteiger partial charge on any atom is -0.496 e. The van der Waals surface area contributed by atoms with Gasteiger partial charge in [-0.05, 0) is 61.7 Å². The van der Waals surface area contributed by atoms with Crippen LogP contribution in [-0.2, 0) is 6.54 Å². The highest BCUT2D eigenvalue weighted by Crippen LogP contribution is 2.37. The first-order chi connectivity index (χ1) is 14.5. The quantitative estimate of drug-likeness (QED) is 0.481. The highest BCUT2D eigenvalue weighted by Gasteiger charge is 2.26. The van der Waals surface area contributed by atoms with E-state index in [0.717, 1.165) is 51.8 Å². The van der Waals surface area contributed by atoms with E-state index >= 15 is 0 Å². The van der Waals surface area contributed by atoms with Crippen LogP contribution < -0.4 is 4.74 Å². The molecule has 4 rings (SSSR count). The smallest absolute Gasteiger partial charge is 0.416 e. The topological polar surface area (TPSA) is 54.7 Å². The monoisotopic (exact) mass is 470 g/mol. The van der Waals surface area contributed by atoms with Crippen molar-refractivity contribution in [1.82, 2.24) is 9.47 Å². The molecule has 0 bridgehead atoms. The molecule has 0 saturated carbocycles. The predicted octanol–water partition coefficient (Wildman–Crippen LogP) is 6.36. The average Bonchev–Trinajstić information content (AvgIpc) is 3.06. The van der Waals surface area contributed by atoms with Crippen molar-refractivity contribution >= 4 is 32.9 Å². The van der Waals surface area contributed by atoms with Gasteiger partial charge in [0.1, 0.15) is 5.75 Å². The number of carbonyl (C=O) groups is 1. The van der Waals surface area contributed by atoms with Gasteiger partial charge in [-0.2, -0.15) is 0 Å². The Hall–Kier alpha value is -2.31. The fraction of sp³-hybridized carbons (Fsp3) is 0.375. The fourth-order valence-electron chi connectivity index (χ4n) is 4.69. The van der Waals surface area contributed by atoms with E-state index in [1.807, 2.05) is 19.1 Å². The number of rotatable bonds is 4. The maximum Gasteiger partial charge on any atom is 0.416 e. The standard InChI is InChI=1S/C24H27BrN2O3/c1-16-14-22(30-2)20(19-11-13-27(23(16)19)24(28)29)15-26-12-5-3-4-6-21(26)17-7-9-18(25)10-8-17/h7-11,13-14,21H,3-6,12,15H2,1-2H3,(H,28,29). The maximum atomic E-state index is 11.7. The summed E-state index contributed by atoms with van der Waals surface area (Å²) in [5.41, 5.74) is 4.03. The average molecular weight is 471 g/mol. The maximum absolute atomic E-state index is 11.7.